The molecular formula is C11H15BrN2. The molecule has 0 amide bonds. The lowest BCUT2D eigenvalue weighted by Crippen LogP contribution is -2.20. The minimum atomic E-state index is 0.354. The summed E-state index contributed by atoms with van der Waals surface area (Å²) in [5.41, 5.74) is 1.40. The van der Waals surface area contributed by atoms with Gasteiger partial charge in [0.15, 0.2) is 0 Å². The molecule has 1 heterocycles. The van der Waals surface area contributed by atoms with Crippen LogP contribution in [0.4, 0.5) is 5.82 Å². The minimum Gasteiger partial charge on any atom is -0.365 e. The largest absolute Gasteiger partial charge is 0.365 e. The molecule has 14 heavy (non-hydrogen) atoms. The van der Waals surface area contributed by atoms with Gasteiger partial charge in [-0.15, -0.1) is 0 Å². The third-order valence-corrected chi connectivity index (χ3v) is 3.78. The van der Waals surface area contributed by atoms with Crippen molar-refractivity contribution in [2.24, 2.45) is 0 Å². The average Bonchev–Trinajstić information content (AvgIpc) is 2.93. The van der Waals surface area contributed by atoms with E-state index in [1.807, 2.05) is 13.0 Å². The van der Waals surface area contributed by atoms with Gasteiger partial charge < -0.3 is 5.32 Å². The molecule has 0 radical (unpaired) electrons. The highest BCUT2D eigenvalue weighted by Crippen LogP contribution is 2.41. The van der Waals surface area contributed by atoms with Crippen molar-refractivity contribution in [3.8, 4) is 0 Å². The highest BCUT2D eigenvalue weighted by atomic mass is 79.9. The van der Waals surface area contributed by atoms with Crippen molar-refractivity contribution >= 4 is 21.7 Å². The predicted octanol–water partition coefficient (Wildman–Crippen LogP) is 3.51. The maximum absolute atomic E-state index is 4.49. The number of anilines is 1. The lowest BCUT2D eigenvalue weighted by molar-refractivity contribution is 0.697. The summed E-state index contributed by atoms with van der Waals surface area (Å²) >= 11 is 3.45. The second-order valence-electron chi connectivity index (χ2n) is 4.02. The Morgan fingerprint density at radius 1 is 1.50 bits per heavy atom. The summed E-state index contributed by atoms with van der Waals surface area (Å²) in [6.07, 6.45) is 3.74. The third-order valence-electron chi connectivity index (χ3n) is 2.94. The molecule has 0 bridgehead atoms. The third kappa shape index (κ3) is 1.92. The van der Waals surface area contributed by atoms with Crippen LogP contribution in [0.15, 0.2) is 16.6 Å². The first-order valence-corrected chi connectivity index (χ1v) is 5.86. The molecule has 0 aromatic carbocycles. The van der Waals surface area contributed by atoms with Crippen molar-refractivity contribution in [2.75, 3.05) is 5.32 Å². The molecule has 76 valence electrons. The number of halogens is 1. The van der Waals surface area contributed by atoms with Gasteiger partial charge in [0.05, 0.1) is 5.69 Å². The summed E-state index contributed by atoms with van der Waals surface area (Å²) in [6, 6.07) is 4.09. The van der Waals surface area contributed by atoms with Crippen LogP contribution in [-0.2, 0) is 0 Å². The first kappa shape index (κ1) is 9.97. The Bertz CT molecular complexity index is 345. The van der Waals surface area contributed by atoms with E-state index in [1.54, 1.807) is 0 Å². The first-order chi connectivity index (χ1) is 6.65. The number of rotatable bonds is 3. The van der Waals surface area contributed by atoms with Gasteiger partial charge in [-0.05, 0) is 54.2 Å². The smallest absolute Gasteiger partial charge is 0.126 e. The molecule has 1 aliphatic rings. The van der Waals surface area contributed by atoms with Crippen molar-refractivity contribution in [1.29, 1.82) is 0 Å². The minimum absolute atomic E-state index is 0.354. The van der Waals surface area contributed by atoms with Crippen molar-refractivity contribution in [3.05, 3.63) is 22.3 Å². The van der Waals surface area contributed by atoms with E-state index in [1.165, 1.54) is 19.3 Å². The van der Waals surface area contributed by atoms with E-state index in [4.69, 9.17) is 0 Å². The summed E-state index contributed by atoms with van der Waals surface area (Å²) in [4.78, 5) is 4.49. The second-order valence-corrected chi connectivity index (χ2v) is 4.88. The topological polar surface area (TPSA) is 24.9 Å². The number of hydrogen-bond donors (Lipinski definition) is 1. The predicted molar refractivity (Wildman–Crippen MR) is 62.6 cm³/mol. The molecule has 1 fully saturated rings. The number of pyridine rings is 1. The van der Waals surface area contributed by atoms with Gasteiger partial charge in [0.25, 0.3) is 0 Å². The summed E-state index contributed by atoms with van der Waals surface area (Å²) < 4.78 is 1.07. The Kier molecular flexibility index (Phi) is 2.52. The lowest BCUT2D eigenvalue weighted by atomic mass is 10.2. The molecular weight excluding hydrogens is 240 g/mol. The fourth-order valence-electron chi connectivity index (χ4n) is 1.60. The summed E-state index contributed by atoms with van der Waals surface area (Å²) in [5.74, 6) is 1.00. The number of aromatic nitrogens is 1. The van der Waals surface area contributed by atoms with Crippen molar-refractivity contribution in [3.63, 3.8) is 0 Å². The molecule has 0 aliphatic heterocycles. The van der Waals surface area contributed by atoms with Crippen LogP contribution in [0.2, 0.25) is 0 Å². The maximum atomic E-state index is 4.49. The van der Waals surface area contributed by atoms with E-state index < -0.39 is 0 Å². The van der Waals surface area contributed by atoms with Crippen molar-refractivity contribution in [1.82, 2.24) is 4.98 Å². The average molecular weight is 255 g/mol. The number of aryl methyl sites for hydroxylation is 1. The van der Waals surface area contributed by atoms with Crippen LogP contribution in [0, 0.1) is 6.92 Å². The Morgan fingerprint density at radius 2 is 2.21 bits per heavy atom. The van der Waals surface area contributed by atoms with Gasteiger partial charge in [0, 0.05) is 10.0 Å². The Balaban J connectivity index is 2.14. The monoisotopic (exact) mass is 254 g/mol. The van der Waals surface area contributed by atoms with Crippen LogP contribution in [-0.4, -0.2) is 10.5 Å². The van der Waals surface area contributed by atoms with Gasteiger partial charge in [-0.3, -0.25) is 0 Å². The number of nitrogens with one attached hydrogen (secondary N) is 1. The zero-order chi connectivity index (χ0) is 10.2. The van der Waals surface area contributed by atoms with Gasteiger partial charge in [-0.25, -0.2) is 4.98 Å². The summed E-state index contributed by atoms with van der Waals surface area (Å²) in [6.45, 7) is 4.24. The Hall–Kier alpha value is -0.570. The molecule has 0 unspecified atom stereocenters. The van der Waals surface area contributed by atoms with Crippen LogP contribution >= 0.6 is 15.9 Å². The van der Waals surface area contributed by atoms with Gasteiger partial charge >= 0.3 is 0 Å². The summed E-state index contributed by atoms with van der Waals surface area (Å²) in [7, 11) is 0. The summed E-state index contributed by atoms with van der Waals surface area (Å²) in [5, 5.41) is 3.52. The molecule has 1 aromatic heterocycles. The SMILES string of the molecule is CCC1(Nc2ccc(Br)c(C)n2)CC1. The molecule has 0 atom stereocenters. The van der Waals surface area contributed by atoms with E-state index in [0.717, 1.165) is 16.0 Å². The van der Waals surface area contributed by atoms with E-state index in [-0.39, 0.29) is 0 Å². The van der Waals surface area contributed by atoms with Crippen LogP contribution in [0.3, 0.4) is 0 Å². The Morgan fingerprint density at radius 3 is 2.71 bits per heavy atom. The Labute approximate surface area is 93.3 Å². The van der Waals surface area contributed by atoms with Gasteiger partial charge in [-0.2, -0.15) is 0 Å². The lowest BCUT2D eigenvalue weighted by Gasteiger charge is -2.16. The van der Waals surface area contributed by atoms with Gasteiger partial charge in [0.1, 0.15) is 5.82 Å². The van der Waals surface area contributed by atoms with Crippen LogP contribution in [0.25, 0.3) is 0 Å². The fourth-order valence-corrected chi connectivity index (χ4v) is 1.82. The van der Waals surface area contributed by atoms with Gasteiger partial charge in [0.2, 0.25) is 0 Å². The molecule has 3 heteroatoms. The molecule has 1 aliphatic carbocycles. The highest BCUT2D eigenvalue weighted by Gasteiger charge is 2.40. The number of nitrogens with zero attached hydrogens (tertiary/aromatic N) is 1. The normalized spacial score (nSPS) is 17.9. The van der Waals surface area contributed by atoms with Crippen LogP contribution < -0.4 is 5.32 Å². The molecule has 1 aromatic rings. The standard InChI is InChI=1S/C11H15BrN2/c1-3-11(6-7-11)14-10-5-4-9(12)8(2)13-10/h4-5H,3,6-7H2,1-2H3,(H,13,14). The zero-order valence-electron chi connectivity index (χ0n) is 8.60. The van der Waals surface area contributed by atoms with E-state index >= 15 is 0 Å². The van der Waals surface area contributed by atoms with E-state index in [2.05, 4.69) is 39.2 Å². The van der Waals surface area contributed by atoms with E-state index in [9.17, 15) is 0 Å². The zero-order valence-corrected chi connectivity index (χ0v) is 10.2. The first-order valence-electron chi connectivity index (χ1n) is 5.06. The quantitative estimate of drug-likeness (QED) is 0.894. The fraction of sp³-hybridized carbons (Fsp3) is 0.545. The van der Waals surface area contributed by atoms with Crippen LogP contribution in [0.1, 0.15) is 31.9 Å². The maximum Gasteiger partial charge on any atom is 0.126 e. The van der Waals surface area contributed by atoms with Crippen molar-refractivity contribution in [2.45, 2.75) is 38.6 Å². The van der Waals surface area contributed by atoms with E-state index in [0.29, 0.717) is 5.54 Å². The molecule has 0 saturated heterocycles. The van der Waals surface area contributed by atoms with Crippen LogP contribution in [0.5, 0.6) is 0 Å². The van der Waals surface area contributed by atoms with Gasteiger partial charge in [-0.1, -0.05) is 6.92 Å². The number of hydrogen-bond acceptors (Lipinski definition) is 2. The molecule has 0 spiro atoms. The highest BCUT2D eigenvalue weighted by molar-refractivity contribution is 9.10. The molecule has 1 N–H and O–H groups in total. The molecule has 2 rings (SSSR count). The second kappa shape index (κ2) is 3.54. The van der Waals surface area contributed by atoms with Crippen molar-refractivity contribution < 1.29 is 0 Å². The molecule has 2 nitrogen and oxygen atoms in total. The molecule has 1 saturated carbocycles.